The van der Waals surface area contributed by atoms with Gasteiger partial charge in [0.15, 0.2) is 5.76 Å². The number of hydrogen-bond acceptors (Lipinski definition) is 5. The molecule has 0 spiro atoms. The lowest BCUT2D eigenvalue weighted by atomic mass is 10.0. The van der Waals surface area contributed by atoms with Crippen LogP contribution in [0.1, 0.15) is 16.1 Å². The minimum atomic E-state index is -0.618. The number of furan rings is 1. The quantitative estimate of drug-likeness (QED) is 0.570. The number of nitrogens with two attached hydrogens (primary N) is 1. The van der Waals surface area contributed by atoms with Crippen LogP contribution >= 0.6 is 0 Å². The summed E-state index contributed by atoms with van der Waals surface area (Å²) in [4.78, 5) is 28.2. The number of aryl methyl sites for hydroxylation is 2. The number of nitrogens with zero attached hydrogens (tertiary/aromatic N) is 2. The minimum absolute atomic E-state index is 0.108. The molecule has 0 fully saturated rings. The van der Waals surface area contributed by atoms with Gasteiger partial charge in [0.25, 0.3) is 11.5 Å². The summed E-state index contributed by atoms with van der Waals surface area (Å²) in [6.45, 7) is 1.97. The van der Waals surface area contributed by atoms with E-state index in [1.54, 1.807) is 25.2 Å². The number of aromatic nitrogens is 2. The maximum Gasteiger partial charge on any atom is 0.285 e. The molecule has 0 atom stereocenters. The van der Waals surface area contributed by atoms with E-state index in [2.05, 4.69) is 10.3 Å². The molecular weight excluding hydrogens is 356 g/mol. The van der Waals surface area contributed by atoms with E-state index < -0.39 is 5.91 Å². The lowest BCUT2D eigenvalue weighted by molar-refractivity contribution is 0.0975. The Bertz CT molecular complexity index is 1270. The van der Waals surface area contributed by atoms with Crippen LogP contribution in [0, 0.1) is 6.92 Å². The predicted octanol–water partition coefficient (Wildman–Crippen LogP) is 3.34. The Balaban J connectivity index is 1.75. The van der Waals surface area contributed by atoms with Crippen molar-refractivity contribution in [3.05, 3.63) is 76.7 Å². The van der Waals surface area contributed by atoms with Gasteiger partial charge in [0.05, 0.1) is 23.5 Å². The van der Waals surface area contributed by atoms with Crippen LogP contribution in [0.3, 0.4) is 0 Å². The summed E-state index contributed by atoms with van der Waals surface area (Å²) >= 11 is 0. The predicted molar refractivity (Wildman–Crippen MR) is 108 cm³/mol. The SMILES string of the molecule is Cc1ccc(-c2ccoc2C(N)=O)cc1Nc1ccc2ncn(C)c(=O)c2c1. The second-order valence-electron chi connectivity index (χ2n) is 6.57. The molecule has 0 aliphatic carbocycles. The average molecular weight is 374 g/mol. The molecule has 4 rings (SSSR count). The molecule has 0 radical (unpaired) electrons. The summed E-state index contributed by atoms with van der Waals surface area (Å²) in [6.07, 6.45) is 2.95. The van der Waals surface area contributed by atoms with Crippen molar-refractivity contribution in [3.8, 4) is 11.1 Å². The molecule has 0 saturated carbocycles. The van der Waals surface area contributed by atoms with Crippen LogP contribution in [-0.4, -0.2) is 15.5 Å². The number of anilines is 2. The smallest absolute Gasteiger partial charge is 0.285 e. The van der Waals surface area contributed by atoms with Gasteiger partial charge in [-0.05, 0) is 48.4 Å². The highest BCUT2D eigenvalue weighted by Gasteiger charge is 2.15. The molecule has 0 aliphatic rings. The maximum absolute atomic E-state index is 12.4. The van der Waals surface area contributed by atoms with Crippen LogP contribution in [0.15, 0.2) is 64.3 Å². The lowest BCUT2D eigenvalue weighted by Crippen LogP contribution is -2.16. The molecule has 3 N–H and O–H groups in total. The fraction of sp³-hybridized carbons (Fsp3) is 0.0952. The van der Waals surface area contributed by atoms with Crippen molar-refractivity contribution in [2.24, 2.45) is 12.8 Å². The Morgan fingerprint density at radius 2 is 2.00 bits per heavy atom. The third kappa shape index (κ3) is 3.03. The first-order valence-corrected chi connectivity index (χ1v) is 8.65. The zero-order valence-electron chi connectivity index (χ0n) is 15.4. The second-order valence-corrected chi connectivity index (χ2v) is 6.57. The van der Waals surface area contributed by atoms with E-state index in [1.807, 2.05) is 31.2 Å². The fourth-order valence-corrected chi connectivity index (χ4v) is 3.10. The van der Waals surface area contributed by atoms with Gasteiger partial charge in [-0.3, -0.25) is 9.59 Å². The molecule has 0 saturated heterocycles. The van der Waals surface area contributed by atoms with Crippen LogP contribution in [-0.2, 0) is 7.05 Å². The van der Waals surface area contributed by atoms with Crippen molar-refractivity contribution in [1.29, 1.82) is 0 Å². The molecule has 28 heavy (non-hydrogen) atoms. The van der Waals surface area contributed by atoms with E-state index in [1.165, 1.54) is 17.2 Å². The van der Waals surface area contributed by atoms with Gasteiger partial charge < -0.3 is 20.0 Å². The molecule has 7 nitrogen and oxygen atoms in total. The zero-order chi connectivity index (χ0) is 19.8. The molecular formula is C21H18N4O3. The molecule has 0 unspecified atom stereocenters. The normalized spacial score (nSPS) is 10.9. The maximum atomic E-state index is 12.4. The Hall–Kier alpha value is -3.87. The number of nitrogens with one attached hydrogen (secondary N) is 1. The molecule has 2 aromatic carbocycles. The van der Waals surface area contributed by atoms with Crippen molar-refractivity contribution in [2.45, 2.75) is 6.92 Å². The fourth-order valence-electron chi connectivity index (χ4n) is 3.10. The van der Waals surface area contributed by atoms with Crippen molar-refractivity contribution in [2.75, 3.05) is 5.32 Å². The van der Waals surface area contributed by atoms with Gasteiger partial charge in [0, 0.05) is 24.0 Å². The van der Waals surface area contributed by atoms with Gasteiger partial charge in [-0.1, -0.05) is 12.1 Å². The second kappa shape index (κ2) is 6.70. The molecule has 7 heteroatoms. The zero-order valence-corrected chi connectivity index (χ0v) is 15.4. The Morgan fingerprint density at radius 3 is 2.79 bits per heavy atom. The minimum Gasteiger partial charge on any atom is -0.459 e. The van der Waals surface area contributed by atoms with Crippen LogP contribution in [0.25, 0.3) is 22.0 Å². The number of carbonyl (C=O) groups excluding carboxylic acids is 1. The number of hydrogen-bond donors (Lipinski definition) is 2. The lowest BCUT2D eigenvalue weighted by Gasteiger charge is -2.12. The van der Waals surface area contributed by atoms with Gasteiger partial charge in [-0.25, -0.2) is 4.98 Å². The summed E-state index contributed by atoms with van der Waals surface area (Å²) in [5, 5.41) is 3.88. The van der Waals surface area contributed by atoms with Crippen molar-refractivity contribution in [3.63, 3.8) is 0 Å². The average Bonchev–Trinajstić information content (AvgIpc) is 3.17. The number of rotatable bonds is 4. The summed E-state index contributed by atoms with van der Waals surface area (Å²) in [7, 11) is 1.67. The van der Waals surface area contributed by atoms with Gasteiger partial charge in [0.2, 0.25) is 0 Å². The highest BCUT2D eigenvalue weighted by Crippen LogP contribution is 2.30. The molecule has 0 aliphatic heterocycles. The molecule has 0 bridgehead atoms. The van der Waals surface area contributed by atoms with E-state index in [0.29, 0.717) is 16.5 Å². The Morgan fingerprint density at radius 1 is 1.18 bits per heavy atom. The Kier molecular flexibility index (Phi) is 4.19. The van der Waals surface area contributed by atoms with E-state index in [4.69, 9.17) is 10.2 Å². The van der Waals surface area contributed by atoms with Crippen LogP contribution in [0.2, 0.25) is 0 Å². The van der Waals surface area contributed by atoms with Crippen molar-refractivity contribution in [1.82, 2.24) is 9.55 Å². The van der Waals surface area contributed by atoms with Gasteiger partial charge in [-0.2, -0.15) is 0 Å². The van der Waals surface area contributed by atoms with Crippen LogP contribution in [0.4, 0.5) is 11.4 Å². The third-order valence-electron chi connectivity index (χ3n) is 4.63. The number of benzene rings is 2. The van der Waals surface area contributed by atoms with Crippen molar-refractivity contribution < 1.29 is 9.21 Å². The third-order valence-corrected chi connectivity index (χ3v) is 4.63. The summed E-state index contributed by atoms with van der Waals surface area (Å²) in [5.41, 5.74) is 9.96. The van der Waals surface area contributed by atoms with Gasteiger partial charge in [-0.15, -0.1) is 0 Å². The summed E-state index contributed by atoms with van der Waals surface area (Å²) in [5.74, 6) is -0.497. The first kappa shape index (κ1) is 17.5. The van der Waals surface area contributed by atoms with E-state index in [-0.39, 0.29) is 11.3 Å². The Labute approximate surface area is 160 Å². The van der Waals surface area contributed by atoms with E-state index in [0.717, 1.165) is 22.5 Å². The molecule has 4 aromatic rings. The van der Waals surface area contributed by atoms with Gasteiger partial charge >= 0.3 is 0 Å². The summed E-state index contributed by atoms with van der Waals surface area (Å²) < 4.78 is 6.65. The molecule has 1 amide bonds. The number of amides is 1. The standard InChI is InChI=1S/C21H18N4O3/c1-12-3-4-13(15-7-8-28-19(15)20(22)26)9-18(12)24-14-5-6-17-16(10-14)21(27)25(2)11-23-17/h3-11,24H,1-2H3,(H2,22,26). The molecule has 2 aromatic heterocycles. The van der Waals surface area contributed by atoms with E-state index >= 15 is 0 Å². The summed E-state index contributed by atoms with van der Waals surface area (Å²) in [6, 6.07) is 12.9. The largest absolute Gasteiger partial charge is 0.459 e. The van der Waals surface area contributed by atoms with Gasteiger partial charge in [0.1, 0.15) is 0 Å². The highest BCUT2D eigenvalue weighted by molar-refractivity contribution is 5.97. The highest BCUT2D eigenvalue weighted by atomic mass is 16.3. The molecule has 2 heterocycles. The number of primary amides is 1. The first-order chi connectivity index (χ1) is 13.4. The topological polar surface area (TPSA) is 103 Å². The first-order valence-electron chi connectivity index (χ1n) is 8.65. The molecule has 140 valence electrons. The number of fused-ring (bicyclic) bond motifs is 1. The van der Waals surface area contributed by atoms with Crippen LogP contribution < -0.4 is 16.6 Å². The number of carbonyl (C=O) groups is 1. The van der Waals surface area contributed by atoms with Crippen molar-refractivity contribution >= 4 is 28.2 Å². The van der Waals surface area contributed by atoms with Crippen LogP contribution in [0.5, 0.6) is 0 Å². The van der Waals surface area contributed by atoms with E-state index in [9.17, 15) is 9.59 Å². The monoisotopic (exact) mass is 374 g/mol.